The molecule has 2 rings (SSSR count). The van der Waals surface area contributed by atoms with Crippen molar-refractivity contribution in [2.24, 2.45) is 0 Å². The lowest BCUT2D eigenvalue weighted by Gasteiger charge is -2.26. The second-order valence-electron chi connectivity index (χ2n) is 4.73. The van der Waals surface area contributed by atoms with Crippen molar-refractivity contribution < 1.29 is 9.90 Å². The summed E-state index contributed by atoms with van der Waals surface area (Å²) in [4.78, 5) is 13.6. The second kappa shape index (κ2) is 6.82. The Hall–Kier alpha value is -1.20. The lowest BCUT2D eigenvalue weighted by Crippen LogP contribution is -2.36. The first-order valence-corrected chi connectivity index (χ1v) is 7.70. The predicted octanol–water partition coefficient (Wildman–Crippen LogP) is 2.15. The Balaban J connectivity index is 1.91. The van der Waals surface area contributed by atoms with Gasteiger partial charge >= 0.3 is 5.97 Å². The zero-order valence-corrected chi connectivity index (χ0v) is 12.0. The topological polar surface area (TPSA) is 52.6 Å². The summed E-state index contributed by atoms with van der Waals surface area (Å²) in [7, 11) is 0. The maximum atomic E-state index is 11.1. The maximum absolute atomic E-state index is 11.1. The number of aryl methyl sites for hydroxylation is 1. The van der Waals surface area contributed by atoms with E-state index in [1.54, 1.807) is 6.07 Å². The van der Waals surface area contributed by atoms with Crippen LogP contribution in [0.3, 0.4) is 0 Å². The molecule has 104 valence electrons. The average Bonchev–Trinajstić information content (AvgIpc) is 2.39. The Kier molecular flexibility index (Phi) is 5.10. The number of carboxylic acids is 1. The van der Waals surface area contributed by atoms with Crippen LogP contribution in [0.1, 0.15) is 15.9 Å². The Morgan fingerprint density at radius 1 is 1.42 bits per heavy atom. The van der Waals surface area contributed by atoms with Crippen LogP contribution in [0.25, 0.3) is 0 Å². The highest BCUT2D eigenvalue weighted by atomic mass is 32.2. The molecule has 5 heteroatoms. The summed E-state index contributed by atoms with van der Waals surface area (Å²) in [6, 6.07) is 5.39. The first-order valence-electron chi connectivity index (χ1n) is 6.55. The van der Waals surface area contributed by atoms with Gasteiger partial charge in [0.05, 0.1) is 5.56 Å². The van der Waals surface area contributed by atoms with Crippen molar-refractivity contribution in [1.29, 1.82) is 0 Å². The number of nitrogens with zero attached hydrogens (tertiary/aromatic N) is 1. The largest absolute Gasteiger partial charge is 0.478 e. The van der Waals surface area contributed by atoms with Crippen molar-refractivity contribution in [3.8, 4) is 0 Å². The lowest BCUT2D eigenvalue weighted by atomic mass is 10.1. The number of carboxylic acid groups (broad SMARTS) is 1. The molecule has 0 saturated carbocycles. The zero-order valence-electron chi connectivity index (χ0n) is 11.2. The van der Waals surface area contributed by atoms with E-state index in [9.17, 15) is 4.79 Å². The molecule has 19 heavy (non-hydrogen) atoms. The molecule has 1 aliphatic heterocycles. The molecular weight excluding hydrogens is 260 g/mol. The van der Waals surface area contributed by atoms with Gasteiger partial charge in [-0.2, -0.15) is 11.8 Å². The van der Waals surface area contributed by atoms with Crippen LogP contribution < -0.4 is 5.32 Å². The summed E-state index contributed by atoms with van der Waals surface area (Å²) in [6.45, 7) is 5.98. The van der Waals surface area contributed by atoms with Gasteiger partial charge in [-0.15, -0.1) is 0 Å². The van der Waals surface area contributed by atoms with E-state index in [-0.39, 0.29) is 0 Å². The zero-order chi connectivity index (χ0) is 13.7. The molecule has 0 radical (unpaired) electrons. The third kappa shape index (κ3) is 4.14. The molecule has 0 spiro atoms. The van der Waals surface area contributed by atoms with Crippen molar-refractivity contribution in [1.82, 2.24) is 4.90 Å². The number of hydrogen-bond acceptors (Lipinski definition) is 4. The molecular formula is C14H20N2O2S. The number of carbonyl (C=O) groups is 1. The van der Waals surface area contributed by atoms with Crippen molar-refractivity contribution in [2.45, 2.75) is 6.92 Å². The molecule has 1 fully saturated rings. The van der Waals surface area contributed by atoms with Gasteiger partial charge in [0.1, 0.15) is 0 Å². The van der Waals surface area contributed by atoms with Crippen LogP contribution in [0.2, 0.25) is 0 Å². The minimum Gasteiger partial charge on any atom is -0.478 e. The van der Waals surface area contributed by atoms with Gasteiger partial charge in [0.2, 0.25) is 0 Å². The van der Waals surface area contributed by atoms with E-state index in [1.165, 1.54) is 11.5 Å². The first-order chi connectivity index (χ1) is 9.16. The molecule has 0 unspecified atom stereocenters. The normalized spacial score (nSPS) is 16.3. The molecule has 1 aromatic rings. The Bertz CT molecular complexity index is 445. The number of rotatable bonds is 5. The van der Waals surface area contributed by atoms with Crippen molar-refractivity contribution >= 4 is 23.4 Å². The second-order valence-corrected chi connectivity index (χ2v) is 5.96. The fraction of sp³-hybridized carbons (Fsp3) is 0.500. The van der Waals surface area contributed by atoms with E-state index in [0.717, 1.165) is 37.4 Å². The van der Waals surface area contributed by atoms with E-state index in [2.05, 4.69) is 10.2 Å². The minimum absolute atomic E-state index is 0.347. The molecule has 0 amide bonds. The lowest BCUT2D eigenvalue weighted by molar-refractivity contribution is 0.0698. The fourth-order valence-electron chi connectivity index (χ4n) is 2.16. The van der Waals surface area contributed by atoms with Gasteiger partial charge in [0.15, 0.2) is 0 Å². The number of thioether (sulfide) groups is 1. The van der Waals surface area contributed by atoms with Gasteiger partial charge in [0, 0.05) is 43.4 Å². The van der Waals surface area contributed by atoms with Crippen molar-refractivity contribution in [2.75, 3.05) is 43.0 Å². The Labute approximate surface area is 118 Å². The standard InChI is InChI=1S/C14H20N2O2S/c1-11-2-3-12(14(17)18)13(10-11)15-4-5-16-6-8-19-9-7-16/h2-3,10,15H,4-9H2,1H3,(H,17,18). The highest BCUT2D eigenvalue weighted by molar-refractivity contribution is 7.99. The van der Waals surface area contributed by atoms with E-state index in [4.69, 9.17) is 5.11 Å². The van der Waals surface area contributed by atoms with Crippen molar-refractivity contribution in [3.05, 3.63) is 29.3 Å². The number of anilines is 1. The third-order valence-corrected chi connectivity index (χ3v) is 4.20. The van der Waals surface area contributed by atoms with Crippen LogP contribution in [0.5, 0.6) is 0 Å². The van der Waals surface area contributed by atoms with Crippen LogP contribution in [0.15, 0.2) is 18.2 Å². The van der Waals surface area contributed by atoms with E-state index in [1.807, 2.05) is 30.8 Å². The van der Waals surface area contributed by atoms with Crippen molar-refractivity contribution in [3.63, 3.8) is 0 Å². The van der Waals surface area contributed by atoms with Gasteiger partial charge < -0.3 is 10.4 Å². The SMILES string of the molecule is Cc1ccc(C(=O)O)c(NCCN2CCSCC2)c1. The number of aromatic carboxylic acids is 1. The predicted molar refractivity (Wildman–Crippen MR) is 80.4 cm³/mol. The molecule has 2 N–H and O–H groups in total. The van der Waals surface area contributed by atoms with E-state index >= 15 is 0 Å². The highest BCUT2D eigenvalue weighted by Crippen LogP contribution is 2.17. The molecule has 0 bridgehead atoms. The summed E-state index contributed by atoms with van der Waals surface area (Å²) < 4.78 is 0. The number of nitrogens with one attached hydrogen (secondary N) is 1. The smallest absolute Gasteiger partial charge is 0.337 e. The van der Waals surface area contributed by atoms with Crippen LogP contribution in [0, 0.1) is 6.92 Å². The Morgan fingerprint density at radius 3 is 2.84 bits per heavy atom. The number of benzene rings is 1. The molecule has 1 aromatic carbocycles. The highest BCUT2D eigenvalue weighted by Gasteiger charge is 2.12. The molecule has 1 aliphatic rings. The summed E-state index contributed by atoms with van der Waals surface area (Å²) in [5.41, 5.74) is 2.14. The summed E-state index contributed by atoms with van der Waals surface area (Å²) in [5, 5.41) is 12.4. The number of hydrogen-bond donors (Lipinski definition) is 2. The molecule has 4 nitrogen and oxygen atoms in total. The molecule has 1 saturated heterocycles. The molecule has 1 heterocycles. The average molecular weight is 280 g/mol. The van der Waals surface area contributed by atoms with Gasteiger partial charge in [-0.25, -0.2) is 4.79 Å². The summed E-state index contributed by atoms with van der Waals surface area (Å²) in [5.74, 6) is 1.52. The van der Waals surface area contributed by atoms with Crippen LogP contribution in [-0.2, 0) is 0 Å². The molecule has 0 aromatic heterocycles. The van der Waals surface area contributed by atoms with Crippen LogP contribution in [0.4, 0.5) is 5.69 Å². The van der Waals surface area contributed by atoms with Gasteiger partial charge in [0.25, 0.3) is 0 Å². The Morgan fingerprint density at radius 2 is 2.16 bits per heavy atom. The van der Waals surface area contributed by atoms with Gasteiger partial charge in [-0.1, -0.05) is 6.07 Å². The van der Waals surface area contributed by atoms with Crippen LogP contribution >= 0.6 is 11.8 Å². The molecule has 0 atom stereocenters. The van der Waals surface area contributed by atoms with E-state index < -0.39 is 5.97 Å². The quantitative estimate of drug-likeness (QED) is 0.865. The fourth-order valence-corrected chi connectivity index (χ4v) is 3.14. The monoisotopic (exact) mass is 280 g/mol. The third-order valence-electron chi connectivity index (χ3n) is 3.25. The summed E-state index contributed by atoms with van der Waals surface area (Å²) in [6.07, 6.45) is 0. The minimum atomic E-state index is -0.878. The molecule has 0 aliphatic carbocycles. The van der Waals surface area contributed by atoms with Gasteiger partial charge in [-0.3, -0.25) is 4.90 Å². The summed E-state index contributed by atoms with van der Waals surface area (Å²) >= 11 is 2.00. The first kappa shape index (κ1) is 14.2. The van der Waals surface area contributed by atoms with E-state index in [0.29, 0.717) is 5.56 Å². The maximum Gasteiger partial charge on any atom is 0.337 e. The van der Waals surface area contributed by atoms with Gasteiger partial charge in [-0.05, 0) is 24.6 Å². The van der Waals surface area contributed by atoms with Crippen LogP contribution in [-0.4, -0.2) is 53.7 Å².